The molecule has 0 bridgehead atoms. The minimum Gasteiger partial charge on any atom is -0.335 e. The zero-order chi connectivity index (χ0) is 16.7. The van der Waals surface area contributed by atoms with Crippen LogP contribution in [0.15, 0.2) is 27.9 Å². The van der Waals surface area contributed by atoms with E-state index in [1.165, 1.54) is 36.0 Å². The van der Waals surface area contributed by atoms with Crippen LogP contribution in [0.25, 0.3) is 11.5 Å². The van der Waals surface area contributed by atoms with Crippen LogP contribution in [0, 0.1) is 5.92 Å². The Bertz CT molecular complexity index is 792. The van der Waals surface area contributed by atoms with Crippen LogP contribution in [0.2, 0.25) is 0 Å². The molecule has 2 aromatic heterocycles. The van der Waals surface area contributed by atoms with Crippen LogP contribution in [0.3, 0.4) is 0 Å². The van der Waals surface area contributed by atoms with Crippen molar-refractivity contribution < 1.29 is 9.32 Å². The molecule has 0 aromatic carbocycles. The topological polar surface area (TPSA) is 94.1 Å². The summed E-state index contributed by atoms with van der Waals surface area (Å²) in [5, 5.41) is 3.75. The van der Waals surface area contributed by atoms with E-state index in [0.29, 0.717) is 17.7 Å². The van der Waals surface area contributed by atoms with Gasteiger partial charge in [-0.3, -0.25) is 14.3 Å². The molecule has 0 unspecified atom stereocenters. The van der Waals surface area contributed by atoms with E-state index in [4.69, 9.17) is 4.52 Å². The lowest BCUT2D eigenvalue weighted by Crippen LogP contribution is -2.44. The first kappa shape index (κ1) is 15.0. The van der Waals surface area contributed by atoms with Gasteiger partial charge in [0.25, 0.3) is 0 Å². The van der Waals surface area contributed by atoms with Gasteiger partial charge in [-0.2, -0.15) is 0 Å². The van der Waals surface area contributed by atoms with Gasteiger partial charge in [-0.1, -0.05) is 5.16 Å². The standard InChI is InChI=1S/C16H19N5O3/c1-10(11-2-3-11)21(12-4-5-12)14(22)9-20-15(19-24-16(20)23)13-8-17-6-7-18-13/h6-8,10-12H,2-5,9H2,1H3/t10-/m1/s1. The van der Waals surface area contributed by atoms with Gasteiger partial charge in [0.2, 0.25) is 11.7 Å². The minimum absolute atomic E-state index is 0.0626. The van der Waals surface area contributed by atoms with Crippen molar-refractivity contribution >= 4 is 5.91 Å². The van der Waals surface area contributed by atoms with Crippen LogP contribution >= 0.6 is 0 Å². The van der Waals surface area contributed by atoms with Crippen molar-refractivity contribution in [2.75, 3.05) is 0 Å². The average molecular weight is 329 g/mol. The molecule has 24 heavy (non-hydrogen) atoms. The first-order valence-corrected chi connectivity index (χ1v) is 8.29. The maximum absolute atomic E-state index is 12.9. The van der Waals surface area contributed by atoms with Crippen molar-refractivity contribution in [1.29, 1.82) is 0 Å². The smallest absolute Gasteiger partial charge is 0.335 e. The molecule has 8 nitrogen and oxygen atoms in total. The predicted molar refractivity (Wildman–Crippen MR) is 83.8 cm³/mol. The Morgan fingerprint density at radius 2 is 2.17 bits per heavy atom. The second-order valence-electron chi connectivity index (χ2n) is 6.56. The molecule has 4 rings (SSSR count). The third-order valence-corrected chi connectivity index (χ3v) is 4.74. The molecule has 0 radical (unpaired) electrons. The summed E-state index contributed by atoms with van der Waals surface area (Å²) in [6.45, 7) is 2.02. The number of hydrogen-bond acceptors (Lipinski definition) is 6. The molecule has 8 heteroatoms. The predicted octanol–water partition coefficient (Wildman–Crippen LogP) is 1.08. The van der Waals surface area contributed by atoms with Crippen molar-refractivity contribution in [2.24, 2.45) is 5.92 Å². The van der Waals surface area contributed by atoms with Crippen molar-refractivity contribution in [3.63, 3.8) is 0 Å². The SMILES string of the molecule is C[C@H](C1CC1)N(C(=O)Cn1c(-c2cnccn2)noc1=O)C1CC1. The van der Waals surface area contributed by atoms with Crippen LogP contribution < -0.4 is 5.76 Å². The number of nitrogens with zero attached hydrogens (tertiary/aromatic N) is 5. The fourth-order valence-corrected chi connectivity index (χ4v) is 3.15. The Balaban J connectivity index is 1.59. The molecule has 2 fully saturated rings. The largest absolute Gasteiger partial charge is 0.442 e. The van der Waals surface area contributed by atoms with Crippen molar-refractivity contribution in [3.05, 3.63) is 29.1 Å². The van der Waals surface area contributed by atoms with Crippen molar-refractivity contribution in [2.45, 2.75) is 51.2 Å². The molecule has 0 aliphatic heterocycles. The van der Waals surface area contributed by atoms with Crippen molar-refractivity contribution in [1.82, 2.24) is 24.6 Å². The zero-order valence-electron chi connectivity index (χ0n) is 13.5. The van der Waals surface area contributed by atoms with E-state index < -0.39 is 5.76 Å². The summed E-state index contributed by atoms with van der Waals surface area (Å²) < 4.78 is 5.98. The molecule has 126 valence electrons. The molecule has 1 atom stereocenters. The molecule has 2 heterocycles. The summed E-state index contributed by atoms with van der Waals surface area (Å²) in [5.74, 6) is 0.107. The van der Waals surface area contributed by atoms with Crippen LogP contribution in [-0.4, -0.2) is 42.6 Å². The van der Waals surface area contributed by atoms with Crippen LogP contribution in [0.1, 0.15) is 32.6 Å². The Morgan fingerprint density at radius 3 is 2.79 bits per heavy atom. The maximum atomic E-state index is 12.9. The van der Waals surface area contributed by atoms with E-state index in [1.807, 2.05) is 4.90 Å². The van der Waals surface area contributed by atoms with E-state index in [9.17, 15) is 9.59 Å². The van der Waals surface area contributed by atoms with Gasteiger partial charge in [0, 0.05) is 24.5 Å². The first-order chi connectivity index (χ1) is 11.6. The summed E-state index contributed by atoms with van der Waals surface area (Å²) in [4.78, 5) is 34.9. The Hall–Kier alpha value is -2.51. The summed E-state index contributed by atoms with van der Waals surface area (Å²) >= 11 is 0. The lowest BCUT2D eigenvalue weighted by molar-refractivity contribution is -0.135. The summed E-state index contributed by atoms with van der Waals surface area (Å²) in [6.07, 6.45) is 8.96. The molecule has 1 amide bonds. The number of carbonyl (C=O) groups is 1. The lowest BCUT2D eigenvalue weighted by Gasteiger charge is -2.29. The number of hydrogen-bond donors (Lipinski definition) is 0. The summed E-state index contributed by atoms with van der Waals surface area (Å²) in [5.41, 5.74) is 0.407. The van der Waals surface area contributed by atoms with Crippen LogP contribution in [0.4, 0.5) is 0 Å². The van der Waals surface area contributed by atoms with E-state index in [0.717, 1.165) is 12.8 Å². The monoisotopic (exact) mass is 329 g/mol. The Morgan fingerprint density at radius 1 is 1.38 bits per heavy atom. The number of aromatic nitrogens is 4. The fraction of sp³-hybridized carbons (Fsp3) is 0.562. The van der Waals surface area contributed by atoms with Gasteiger partial charge in [-0.15, -0.1) is 0 Å². The highest BCUT2D eigenvalue weighted by Crippen LogP contribution is 2.39. The number of carbonyl (C=O) groups excluding carboxylic acids is 1. The third kappa shape index (κ3) is 2.83. The molecule has 0 spiro atoms. The van der Waals surface area contributed by atoms with Crippen molar-refractivity contribution in [3.8, 4) is 11.5 Å². The minimum atomic E-state index is -0.654. The molecule has 0 saturated heterocycles. The third-order valence-electron chi connectivity index (χ3n) is 4.74. The molecular weight excluding hydrogens is 310 g/mol. The second kappa shape index (κ2) is 5.85. The number of amides is 1. The fourth-order valence-electron chi connectivity index (χ4n) is 3.15. The summed E-state index contributed by atoms with van der Waals surface area (Å²) in [7, 11) is 0. The average Bonchev–Trinajstić information content (AvgIpc) is 3.48. The van der Waals surface area contributed by atoms with E-state index in [2.05, 4.69) is 22.0 Å². The molecule has 2 aromatic rings. The molecule has 0 N–H and O–H groups in total. The Labute approximate surface area is 138 Å². The quantitative estimate of drug-likeness (QED) is 0.787. The highest BCUT2D eigenvalue weighted by Gasteiger charge is 2.41. The first-order valence-electron chi connectivity index (χ1n) is 8.29. The van der Waals surface area contributed by atoms with Crippen LogP contribution in [-0.2, 0) is 11.3 Å². The molecule has 2 aliphatic rings. The van der Waals surface area contributed by atoms with Gasteiger partial charge in [0.05, 0.1) is 6.20 Å². The second-order valence-corrected chi connectivity index (χ2v) is 6.56. The van der Waals surface area contributed by atoms with Gasteiger partial charge in [0.15, 0.2) is 0 Å². The van der Waals surface area contributed by atoms with Gasteiger partial charge in [0.1, 0.15) is 12.2 Å². The summed E-state index contributed by atoms with van der Waals surface area (Å²) in [6, 6.07) is 0.532. The van der Waals surface area contributed by atoms with Gasteiger partial charge in [-0.05, 0) is 38.5 Å². The van der Waals surface area contributed by atoms with Gasteiger partial charge >= 0.3 is 5.76 Å². The maximum Gasteiger partial charge on any atom is 0.442 e. The van der Waals surface area contributed by atoms with E-state index in [-0.39, 0.29) is 24.3 Å². The van der Waals surface area contributed by atoms with Gasteiger partial charge < -0.3 is 4.90 Å². The lowest BCUT2D eigenvalue weighted by atomic mass is 10.1. The molecule has 2 aliphatic carbocycles. The molecular formula is C16H19N5O3. The van der Waals surface area contributed by atoms with E-state index >= 15 is 0 Å². The highest BCUT2D eigenvalue weighted by atomic mass is 16.5. The normalized spacial score (nSPS) is 18.4. The van der Waals surface area contributed by atoms with Crippen LogP contribution in [0.5, 0.6) is 0 Å². The molecule has 2 saturated carbocycles. The Kier molecular flexibility index (Phi) is 3.66. The highest BCUT2D eigenvalue weighted by molar-refractivity contribution is 5.77. The number of rotatable bonds is 6. The van der Waals surface area contributed by atoms with Gasteiger partial charge in [-0.25, -0.2) is 14.3 Å². The zero-order valence-corrected chi connectivity index (χ0v) is 13.5. The van der Waals surface area contributed by atoms with E-state index in [1.54, 1.807) is 0 Å².